The SMILES string of the molecule is Cc1ccc(-c2nc(CCNC(=O)Nc3ccc(C)cc3F)cs2)cc1. The highest BCUT2D eigenvalue weighted by Gasteiger charge is 2.08. The molecule has 0 radical (unpaired) electrons. The molecule has 0 aliphatic rings. The lowest BCUT2D eigenvalue weighted by molar-refractivity contribution is 0.252. The van der Waals surface area contributed by atoms with E-state index in [9.17, 15) is 9.18 Å². The van der Waals surface area contributed by atoms with Crippen LogP contribution < -0.4 is 10.6 Å². The number of amides is 2. The van der Waals surface area contributed by atoms with Crippen LogP contribution in [0.3, 0.4) is 0 Å². The van der Waals surface area contributed by atoms with E-state index in [1.165, 1.54) is 11.6 Å². The van der Waals surface area contributed by atoms with Crippen LogP contribution in [0.5, 0.6) is 0 Å². The lowest BCUT2D eigenvalue weighted by Crippen LogP contribution is -2.30. The van der Waals surface area contributed by atoms with E-state index in [-0.39, 0.29) is 5.69 Å². The predicted molar refractivity (Wildman–Crippen MR) is 104 cm³/mol. The van der Waals surface area contributed by atoms with Gasteiger partial charge in [-0.25, -0.2) is 14.2 Å². The van der Waals surface area contributed by atoms with E-state index < -0.39 is 11.8 Å². The van der Waals surface area contributed by atoms with Crippen molar-refractivity contribution in [2.75, 3.05) is 11.9 Å². The van der Waals surface area contributed by atoms with Crippen molar-refractivity contribution in [1.82, 2.24) is 10.3 Å². The highest BCUT2D eigenvalue weighted by molar-refractivity contribution is 7.13. The largest absolute Gasteiger partial charge is 0.337 e. The van der Waals surface area contributed by atoms with Crippen LogP contribution in [0.15, 0.2) is 47.8 Å². The number of halogens is 1. The van der Waals surface area contributed by atoms with Crippen LogP contribution in [0, 0.1) is 19.7 Å². The summed E-state index contributed by atoms with van der Waals surface area (Å²) in [6.45, 7) is 4.28. The van der Waals surface area contributed by atoms with Gasteiger partial charge in [-0.3, -0.25) is 0 Å². The molecule has 2 N–H and O–H groups in total. The van der Waals surface area contributed by atoms with E-state index in [0.717, 1.165) is 21.8 Å². The molecule has 0 aliphatic heterocycles. The fraction of sp³-hybridized carbons (Fsp3) is 0.200. The molecule has 0 unspecified atom stereocenters. The molecule has 2 aromatic carbocycles. The van der Waals surface area contributed by atoms with Crippen LogP contribution in [-0.4, -0.2) is 17.6 Å². The molecular formula is C20H20FN3OS. The van der Waals surface area contributed by atoms with Gasteiger partial charge in [0.05, 0.1) is 11.4 Å². The first-order valence-corrected chi connectivity index (χ1v) is 9.21. The van der Waals surface area contributed by atoms with Crippen molar-refractivity contribution in [1.29, 1.82) is 0 Å². The second-order valence-corrected chi connectivity index (χ2v) is 6.98. The zero-order valence-corrected chi connectivity index (χ0v) is 15.5. The van der Waals surface area contributed by atoms with Gasteiger partial charge in [-0.2, -0.15) is 0 Å². The van der Waals surface area contributed by atoms with Crippen molar-refractivity contribution in [3.63, 3.8) is 0 Å². The Morgan fingerprint density at radius 1 is 1.12 bits per heavy atom. The van der Waals surface area contributed by atoms with Gasteiger partial charge in [-0.1, -0.05) is 35.9 Å². The summed E-state index contributed by atoms with van der Waals surface area (Å²) in [5, 5.41) is 8.20. The highest BCUT2D eigenvalue weighted by atomic mass is 32.1. The smallest absolute Gasteiger partial charge is 0.319 e. The fourth-order valence-corrected chi connectivity index (χ4v) is 3.30. The number of hydrogen-bond acceptors (Lipinski definition) is 3. The topological polar surface area (TPSA) is 54.0 Å². The van der Waals surface area contributed by atoms with Gasteiger partial charge < -0.3 is 10.6 Å². The van der Waals surface area contributed by atoms with Crippen molar-refractivity contribution in [2.24, 2.45) is 0 Å². The van der Waals surface area contributed by atoms with E-state index in [0.29, 0.717) is 13.0 Å². The lowest BCUT2D eigenvalue weighted by Gasteiger charge is -2.08. The Hall–Kier alpha value is -2.73. The molecule has 0 saturated carbocycles. The number of carbonyl (C=O) groups excluding carboxylic acids is 1. The molecule has 3 aromatic rings. The van der Waals surface area contributed by atoms with Gasteiger partial charge in [0.25, 0.3) is 0 Å². The zero-order chi connectivity index (χ0) is 18.5. The number of nitrogens with zero attached hydrogens (tertiary/aromatic N) is 1. The summed E-state index contributed by atoms with van der Waals surface area (Å²) in [4.78, 5) is 16.5. The third-order valence-corrected chi connectivity index (χ3v) is 4.83. The predicted octanol–water partition coefficient (Wildman–Crippen LogP) is 4.93. The number of aromatic nitrogens is 1. The standard InChI is InChI=1S/C20H20FN3OS/c1-13-3-6-15(7-4-13)19-23-16(12-26-19)9-10-22-20(25)24-18-8-5-14(2)11-17(18)21/h3-8,11-12H,9-10H2,1-2H3,(H2,22,24,25). The number of rotatable bonds is 5. The van der Waals surface area contributed by atoms with Crippen LogP contribution in [0.1, 0.15) is 16.8 Å². The summed E-state index contributed by atoms with van der Waals surface area (Å²) in [6, 6.07) is 12.5. The highest BCUT2D eigenvalue weighted by Crippen LogP contribution is 2.24. The maximum atomic E-state index is 13.7. The maximum Gasteiger partial charge on any atom is 0.319 e. The van der Waals surface area contributed by atoms with Gasteiger partial charge in [0.15, 0.2) is 0 Å². The molecule has 0 bridgehead atoms. The summed E-state index contributed by atoms with van der Waals surface area (Å²) in [5.74, 6) is -0.442. The van der Waals surface area contributed by atoms with Crippen LogP contribution in [0.2, 0.25) is 0 Å². The van der Waals surface area contributed by atoms with Crippen molar-refractivity contribution >= 4 is 23.1 Å². The maximum absolute atomic E-state index is 13.7. The van der Waals surface area contributed by atoms with Crippen molar-refractivity contribution in [3.05, 3.63) is 70.5 Å². The lowest BCUT2D eigenvalue weighted by atomic mass is 10.2. The second-order valence-electron chi connectivity index (χ2n) is 6.12. The second kappa shape index (κ2) is 8.10. The van der Waals surface area contributed by atoms with Gasteiger partial charge in [0.1, 0.15) is 10.8 Å². The van der Waals surface area contributed by atoms with Gasteiger partial charge >= 0.3 is 6.03 Å². The van der Waals surface area contributed by atoms with Gasteiger partial charge in [0.2, 0.25) is 0 Å². The number of anilines is 1. The Labute approximate surface area is 156 Å². The Morgan fingerprint density at radius 3 is 2.58 bits per heavy atom. The monoisotopic (exact) mass is 369 g/mol. The molecule has 2 amide bonds. The minimum absolute atomic E-state index is 0.170. The Kier molecular flexibility index (Phi) is 5.63. The molecule has 0 fully saturated rings. The van der Waals surface area contributed by atoms with E-state index in [2.05, 4.69) is 46.8 Å². The number of nitrogens with one attached hydrogen (secondary N) is 2. The molecule has 0 spiro atoms. The van der Waals surface area contributed by atoms with Gasteiger partial charge in [-0.05, 0) is 31.5 Å². The Balaban J connectivity index is 1.50. The number of thiazole rings is 1. The first-order chi connectivity index (χ1) is 12.5. The average molecular weight is 369 g/mol. The number of benzene rings is 2. The molecule has 0 aliphatic carbocycles. The van der Waals surface area contributed by atoms with Crippen molar-refractivity contribution in [2.45, 2.75) is 20.3 Å². The molecule has 26 heavy (non-hydrogen) atoms. The zero-order valence-electron chi connectivity index (χ0n) is 14.7. The summed E-state index contributed by atoms with van der Waals surface area (Å²) in [6.07, 6.45) is 0.617. The van der Waals surface area contributed by atoms with Crippen LogP contribution in [0.4, 0.5) is 14.9 Å². The number of urea groups is 1. The average Bonchev–Trinajstić information content (AvgIpc) is 3.07. The van der Waals surface area contributed by atoms with E-state index in [4.69, 9.17) is 0 Å². The third kappa shape index (κ3) is 4.67. The van der Waals surface area contributed by atoms with E-state index in [1.807, 2.05) is 5.38 Å². The molecule has 134 valence electrons. The molecule has 1 heterocycles. The molecule has 0 saturated heterocycles. The molecule has 0 atom stereocenters. The van der Waals surface area contributed by atoms with Crippen molar-refractivity contribution < 1.29 is 9.18 Å². The summed E-state index contributed by atoms with van der Waals surface area (Å²) in [7, 11) is 0. The van der Waals surface area contributed by atoms with Crippen LogP contribution >= 0.6 is 11.3 Å². The first kappa shape index (κ1) is 18.1. The van der Waals surface area contributed by atoms with E-state index >= 15 is 0 Å². The minimum Gasteiger partial charge on any atom is -0.337 e. The Morgan fingerprint density at radius 2 is 1.85 bits per heavy atom. The summed E-state index contributed by atoms with van der Waals surface area (Å²) >= 11 is 1.58. The van der Waals surface area contributed by atoms with Crippen molar-refractivity contribution in [3.8, 4) is 10.6 Å². The summed E-state index contributed by atoms with van der Waals surface area (Å²) < 4.78 is 13.7. The number of carbonyl (C=O) groups is 1. The Bertz CT molecular complexity index is 906. The first-order valence-electron chi connectivity index (χ1n) is 8.34. The van der Waals surface area contributed by atoms with Crippen LogP contribution in [-0.2, 0) is 6.42 Å². The number of aryl methyl sites for hydroxylation is 2. The van der Waals surface area contributed by atoms with Gasteiger partial charge in [0, 0.05) is 23.9 Å². The molecule has 3 rings (SSSR count). The normalized spacial score (nSPS) is 10.6. The minimum atomic E-state index is -0.442. The molecular weight excluding hydrogens is 349 g/mol. The quantitative estimate of drug-likeness (QED) is 0.670. The third-order valence-electron chi connectivity index (χ3n) is 3.89. The van der Waals surface area contributed by atoms with Gasteiger partial charge in [-0.15, -0.1) is 11.3 Å². The molecule has 6 heteroatoms. The van der Waals surface area contributed by atoms with E-state index in [1.54, 1.807) is 30.4 Å². The van der Waals surface area contributed by atoms with Crippen LogP contribution in [0.25, 0.3) is 10.6 Å². The molecule has 4 nitrogen and oxygen atoms in total. The number of hydrogen-bond donors (Lipinski definition) is 2. The summed E-state index contributed by atoms with van der Waals surface area (Å²) in [5.41, 5.74) is 4.20. The fourth-order valence-electron chi connectivity index (χ4n) is 2.44. The molecule has 1 aromatic heterocycles.